The average Bonchev–Trinajstić information content (AvgIpc) is 2.86. The topological polar surface area (TPSA) is 38.5 Å². The van der Waals surface area contributed by atoms with Crippen molar-refractivity contribution < 1.29 is 4.74 Å². The highest BCUT2D eigenvalue weighted by atomic mass is 32.1. The molecule has 0 bridgehead atoms. The zero-order valence-electron chi connectivity index (χ0n) is 9.69. The molecule has 1 aromatic heterocycles. The number of hydrogen-bond acceptors (Lipinski definition) is 4. The molecule has 0 spiro atoms. The second kappa shape index (κ2) is 4.64. The molecule has 0 radical (unpaired) electrons. The summed E-state index contributed by atoms with van der Waals surface area (Å²) in [5.74, 6) is 0. The fourth-order valence-corrected chi connectivity index (χ4v) is 3.19. The molecule has 1 saturated heterocycles. The lowest BCUT2D eigenvalue weighted by Gasteiger charge is -2.31. The Kier molecular flexibility index (Phi) is 3.01. The summed E-state index contributed by atoms with van der Waals surface area (Å²) in [5.41, 5.74) is 8.41. The predicted octanol–water partition coefficient (Wildman–Crippen LogP) is 2.20. The van der Waals surface area contributed by atoms with Crippen LogP contribution in [0.5, 0.6) is 0 Å². The molecule has 0 atom stereocenters. The van der Waals surface area contributed by atoms with E-state index >= 15 is 0 Å². The molecular weight excluding hydrogens is 232 g/mol. The van der Waals surface area contributed by atoms with Gasteiger partial charge in [0.05, 0.1) is 18.9 Å². The van der Waals surface area contributed by atoms with Crippen molar-refractivity contribution in [3.8, 4) is 0 Å². The normalized spacial score (nSPS) is 16.6. The SMILES string of the molecule is NCc1ccc2sccc2c1N1CCOCC1. The van der Waals surface area contributed by atoms with Crippen molar-refractivity contribution in [2.24, 2.45) is 5.73 Å². The third-order valence-electron chi connectivity index (χ3n) is 3.24. The summed E-state index contributed by atoms with van der Waals surface area (Å²) in [6, 6.07) is 6.53. The third-order valence-corrected chi connectivity index (χ3v) is 4.12. The molecule has 1 fully saturated rings. The van der Waals surface area contributed by atoms with Crippen LogP contribution in [0.1, 0.15) is 5.56 Å². The Morgan fingerprint density at radius 1 is 1.24 bits per heavy atom. The fourth-order valence-electron chi connectivity index (χ4n) is 2.40. The van der Waals surface area contributed by atoms with E-state index in [4.69, 9.17) is 10.5 Å². The number of fused-ring (bicyclic) bond motifs is 1. The van der Waals surface area contributed by atoms with Crippen LogP contribution in [-0.4, -0.2) is 26.3 Å². The van der Waals surface area contributed by atoms with Crippen LogP contribution < -0.4 is 10.6 Å². The molecule has 0 saturated carbocycles. The molecule has 0 amide bonds. The predicted molar refractivity (Wildman–Crippen MR) is 72.7 cm³/mol. The maximum absolute atomic E-state index is 5.86. The molecule has 4 heteroatoms. The summed E-state index contributed by atoms with van der Waals surface area (Å²) in [5, 5.41) is 3.48. The summed E-state index contributed by atoms with van der Waals surface area (Å²) in [7, 11) is 0. The Morgan fingerprint density at radius 2 is 2.06 bits per heavy atom. The van der Waals surface area contributed by atoms with Crippen LogP contribution in [0, 0.1) is 0 Å². The van der Waals surface area contributed by atoms with Gasteiger partial charge in [0.2, 0.25) is 0 Å². The van der Waals surface area contributed by atoms with Crippen molar-refractivity contribution in [1.29, 1.82) is 0 Å². The molecular formula is C13H16N2OS. The van der Waals surface area contributed by atoms with Crippen LogP contribution >= 0.6 is 11.3 Å². The molecule has 1 aliphatic rings. The molecule has 2 N–H and O–H groups in total. The summed E-state index contributed by atoms with van der Waals surface area (Å²) in [6.07, 6.45) is 0. The number of nitrogens with two attached hydrogens (primary N) is 1. The van der Waals surface area contributed by atoms with E-state index in [0.29, 0.717) is 6.54 Å². The van der Waals surface area contributed by atoms with Gasteiger partial charge in [-0.2, -0.15) is 0 Å². The first kappa shape index (κ1) is 11.0. The average molecular weight is 248 g/mol. The van der Waals surface area contributed by atoms with Gasteiger partial charge in [-0.25, -0.2) is 0 Å². The summed E-state index contributed by atoms with van der Waals surface area (Å²) >= 11 is 1.79. The van der Waals surface area contributed by atoms with Gasteiger partial charge in [0.1, 0.15) is 0 Å². The summed E-state index contributed by atoms with van der Waals surface area (Å²) in [6.45, 7) is 4.14. The van der Waals surface area contributed by atoms with Crippen molar-refractivity contribution in [1.82, 2.24) is 0 Å². The lowest BCUT2D eigenvalue weighted by atomic mass is 10.1. The Bertz CT molecular complexity index is 517. The first-order chi connectivity index (χ1) is 8.40. The van der Waals surface area contributed by atoms with Crippen LogP contribution in [0.25, 0.3) is 10.1 Å². The highest BCUT2D eigenvalue weighted by molar-refractivity contribution is 7.17. The number of ether oxygens (including phenoxy) is 1. The molecule has 2 aromatic rings. The first-order valence-corrected chi connectivity index (χ1v) is 6.80. The summed E-state index contributed by atoms with van der Waals surface area (Å²) in [4.78, 5) is 2.40. The van der Waals surface area contributed by atoms with Gasteiger partial charge < -0.3 is 15.4 Å². The van der Waals surface area contributed by atoms with Gasteiger partial charge in [-0.05, 0) is 23.1 Å². The molecule has 1 aliphatic heterocycles. The number of hydrogen-bond donors (Lipinski definition) is 1. The highest BCUT2D eigenvalue weighted by Crippen LogP contribution is 2.34. The van der Waals surface area contributed by atoms with E-state index in [-0.39, 0.29) is 0 Å². The van der Waals surface area contributed by atoms with Crippen molar-refractivity contribution in [3.05, 3.63) is 29.1 Å². The quantitative estimate of drug-likeness (QED) is 0.885. The maximum Gasteiger partial charge on any atom is 0.0642 e. The van der Waals surface area contributed by atoms with Gasteiger partial charge in [0, 0.05) is 29.7 Å². The van der Waals surface area contributed by atoms with Crippen LogP contribution in [0.3, 0.4) is 0 Å². The van der Waals surface area contributed by atoms with E-state index in [1.165, 1.54) is 21.3 Å². The van der Waals surface area contributed by atoms with E-state index in [0.717, 1.165) is 26.3 Å². The molecule has 3 nitrogen and oxygen atoms in total. The molecule has 2 heterocycles. The minimum atomic E-state index is 0.596. The number of thiophene rings is 1. The van der Waals surface area contributed by atoms with Crippen molar-refractivity contribution in [2.75, 3.05) is 31.2 Å². The van der Waals surface area contributed by atoms with Gasteiger partial charge in [0.15, 0.2) is 0 Å². The number of morpholine rings is 1. The number of rotatable bonds is 2. The van der Waals surface area contributed by atoms with Crippen molar-refractivity contribution in [2.45, 2.75) is 6.54 Å². The molecule has 90 valence electrons. The highest BCUT2D eigenvalue weighted by Gasteiger charge is 2.17. The van der Waals surface area contributed by atoms with Gasteiger partial charge >= 0.3 is 0 Å². The standard InChI is InChI=1S/C13H16N2OS/c14-9-10-1-2-12-11(3-8-17-12)13(10)15-4-6-16-7-5-15/h1-3,8H,4-7,9,14H2. The van der Waals surface area contributed by atoms with Gasteiger partial charge in [0.25, 0.3) is 0 Å². The fraction of sp³-hybridized carbons (Fsp3) is 0.385. The van der Waals surface area contributed by atoms with Gasteiger partial charge in [-0.1, -0.05) is 6.07 Å². The largest absolute Gasteiger partial charge is 0.378 e. The molecule has 17 heavy (non-hydrogen) atoms. The second-order valence-electron chi connectivity index (χ2n) is 4.21. The van der Waals surface area contributed by atoms with Crippen molar-refractivity contribution >= 4 is 27.1 Å². The Hall–Kier alpha value is -1.10. The van der Waals surface area contributed by atoms with E-state index in [1.807, 2.05) is 0 Å². The second-order valence-corrected chi connectivity index (χ2v) is 5.16. The molecule has 1 aromatic carbocycles. The lowest BCUT2D eigenvalue weighted by molar-refractivity contribution is 0.123. The van der Waals surface area contributed by atoms with Crippen LogP contribution in [-0.2, 0) is 11.3 Å². The van der Waals surface area contributed by atoms with E-state index in [1.54, 1.807) is 11.3 Å². The van der Waals surface area contributed by atoms with Crippen LogP contribution in [0.15, 0.2) is 23.6 Å². The number of anilines is 1. The monoisotopic (exact) mass is 248 g/mol. The Labute approximate surface area is 105 Å². The minimum Gasteiger partial charge on any atom is -0.378 e. The molecule has 3 rings (SSSR count). The van der Waals surface area contributed by atoms with Crippen LogP contribution in [0.4, 0.5) is 5.69 Å². The van der Waals surface area contributed by atoms with Gasteiger partial charge in [-0.3, -0.25) is 0 Å². The van der Waals surface area contributed by atoms with Crippen LogP contribution in [0.2, 0.25) is 0 Å². The molecule has 0 unspecified atom stereocenters. The summed E-state index contributed by atoms with van der Waals surface area (Å²) < 4.78 is 6.75. The minimum absolute atomic E-state index is 0.596. The van der Waals surface area contributed by atoms with Crippen molar-refractivity contribution in [3.63, 3.8) is 0 Å². The Morgan fingerprint density at radius 3 is 2.82 bits per heavy atom. The number of nitrogens with zero attached hydrogens (tertiary/aromatic N) is 1. The maximum atomic E-state index is 5.86. The van der Waals surface area contributed by atoms with E-state index in [2.05, 4.69) is 28.5 Å². The lowest BCUT2D eigenvalue weighted by Crippen LogP contribution is -2.37. The molecule has 0 aliphatic carbocycles. The Balaban J connectivity index is 2.12. The van der Waals surface area contributed by atoms with E-state index in [9.17, 15) is 0 Å². The smallest absolute Gasteiger partial charge is 0.0642 e. The zero-order valence-corrected chi connectivity index (χ0v) is 10.5. The third kappa shape index (κ3) is 1.92. The number of benzene rings is 1. The van der Waals surface area contributed by atoms with E-state index < -0.39 is 0 Å². The van der Waals surface area contributed by atoms with Gasteiger partial charge in [-0.15, -0.1) is 11.3 Å². The zero-order chi connectivity index (χ0) is 11.7. The first-order valence-electron chi connectivity index (χ1n) is 5.92.